The zero-order chi connectivity index (χ0) is 26.4. The van der Waals surface area contributed by atoms with E-state index in [2.05, 4.69) is 15.5 Å². The molecular weight excluding hydrogens is 531 g/mol. The summed E-state index contributed by atoms with van der Waals surface area (Å²) >= 11 is 17.6. The van der Waals surface area contributed by atoms with Crippen LogP contribution in [0.25, 0.3) is 17.4 Å². The number of hydrogen-bond acceptors (Lipinski definition) is 5. The lowest BCUT2D eigenvalue weighted by Crippen LogP contribution is -2.48. The van der Waals surface area contributed by atoms with Gasteiger partial charge in [-0.25, -0.2) is 0 Å². The summed E-state index contributed by atoms with van der Waals surface area (Å²) in [5.74, 6) is 0.827. The number of carbonyl (C=O) groups excluding carboxylic acids is 2. The van der Waals surface area contributed by atoms with E-state index in [0.29, 0.717) is 33.6 Å². The van der Waals surface area contributed by atoms with E-state index in [4.69, 9.17) is 39.8 Å². The molecule has 0 atom stereocenters. The van der Waals surface area contributed by atoms with Crippen LogP contribution < -0.4 is 15.5 Å². The number of benzene rings is 2. The topological polar surface area (TPSA) is 77.8 Å². The average molecular weight is 558 g/mol. The number of nitrogens with zero attached hydrogens (tertiary/aromatic N) is 2. The van der Waals surface area contributed by atoms with Crippen LogP contribution in [0.5, 0.6) is 0 Å². The molecule has 37 heavy (non-hydrogen) atoms. The smallest absolute Gasteiger partial charge is 0.250 e. The molecule has 3 aromatic rings. The first-order valence-electron chi connectivity index (χ1n) is 11.8. The van der Waals surface area contributed by atoms with E-state index in [9.17, 15) is 9.59 Å². The van der Waals surface area contributed by atoms with Gasteiger partial charge in [0.1, 0.15) is 11.5 Å². The summed E-state index contributed by atoms with van der Waals surface area (Å²) in [4.78, 5) is 28.3. The fourth-order valence-corrected chi connectivity index (χ4v) is 4.56. The van der Waals surface area contributed by atoms with E-state index in [1.807, 2.05) is 36.1 Å². The molecule has 192 valence electrons. The summed E-state index contributed by atoms with van der Waals surface area (Å²) < 4.78 is 5.76. The van der Waals surface area contributed by atoms with Gasteiger partial charge in [0.2, 0.25) is 11.8 Å². The van der Waals surface area contributed by atoms with Crippen molar-refractivity contribution in [3.8, 4) is 11.3 Å². The molecule has 10 heteroatoms. The van der Waals surface area contributed by atoms with Gasteiger partial charge in [-0.2, -0.15) is 0 Å². The molecule has 0 spiro atoms. The molecule has 2 amide bonds. The van der Waals surface area contributed by atoms with E-state index in [1.165, 1.54) is 6.08 Å². The third-order valence-electron chi connectivity index (χ3n) is 5.90. The highest BCUT2D eigenvalue weighted by Crippen LogP contribution is 2.34. The Bertz CT molecular complexity index is 1320. The highest BCUT2D eigenvalue weighted by Gasteiger charge is 2.20. The maximum absolute atomic E-state index is 12.3. The van der Waals surface area contributed by atoms with Crippen LogP contribution in [0.15, 0.2) is 65.1 Å². The zero-order valence-corrected chi connectivity index (χ0v) is 22.5. The molecule has 2 heterocycles. The van der Waals surface area contributed by atoms with Crippen molar-refractivity contribution in [2.24, 2.45) is 0 Å². The molecule has 1 aliphatic rings. The van der Waals surface area contributed by atoms with Gasteiger partial charge in [-0.3, -0.25) is 14.9 Å². The maximum Gasteiger partial charge on any atom is 0.250 e. The number of halogens is 2. The van der Waals surface area contributed by atoms with Crippen molar-refractivity contribution in [2.45, 2.75) is 13.3 Å². The number of rotatable bonds is 6. The summed E-state index contributed by atoms with van der Waals surface area (Å²) in [6, 6.07) is 16.6. The van der Waals surface area contributed by atoms with Crippen LogP contribution in [0, 0.1) is 0 Å². The lowest BCUT2D eigenvalue weighted by atomic mass is 10.2. The van der Waals surface area contributed by atoms with E-state index < -0.39 is 5.91 Å². The van der Waals surface area contributed by atoms with Gasteiger partial charge in [-0.05, 0) is 66.8 Å². The van der Waals surface area contributed by atoms with Crippen LogP contribution in [0.1, 0.15) is 19.1 Å². The molecule has 1 saturated heterocycles. The van der Waals surface area contributed by atoms with E-state index in [-0.39, 0.29) is 11.0 Å². The van der Waals surface area contributed by atoms with E-state index in [1.54, 1.807) is 36.4 Å². The van der Waals surface area contributed by atoms with Gasteiger partial charge in [-0.1, -0.05) is 36.2 Å². The highest BCUT2D eigenvalue weighted by atomic mass is 35.5. The van der Waals surface area contributed by atoms with Crippen molar-refractivity contribution < 1.29 is 14.0 Å². The van der Waals surface area contributed by atoms with Gasteiger partial charge in [0, 0.05) is 55.6 Å². The number of anilines is 2. The molecule has 0 bridgehead atoms. The molecule has 0 unspecified atom stereocenters. The monoisotopic (exact) mass is 556 g/mol. The summed E-state index contributed by atoms with van der Waals surface area (Å²) in [7, 11) is 0. The molecule has 7 nitrogen and oxygen atoms in total. The Morgan fingerprint density at radius 1 is 1.03 bits per heavy atom. The Labute approximate surface area is 231 Å². The third kappa shape index (κ3) is 6.91. The molecule has 0 radical (unpaired) electrons. The second kappa shape index (κ2) is 12.3. The number of thiocarbonyl (C=S) groups is 1. The van der Waals surface area contributed by atoms with Crippen LogP contribution in [-0.4, -0.2) is 48.0 Å². The first-order chi connectivity index (χ1) is 17.8. The minimum Gasteiger partial charge on any atom is -0.457 e. The SMILES string of the molecule is CCC(=O)N1CCN(c2ccc(NC(=S)NC(=O)C=Cc3ccc(-c4cccc(Cl)c4Cl)o3)cc2)CC1. The number of piperazine rings is 1. The quantitative estimate of drug-likeness (QED) is 0.293. The van der Waals surface area contributed by atoms with Crippen molar-refractivity contribution in [1.82, 2.24) is 10.2 Å². The number of nitrogens with one attached hydrogen (secondary N) is 2. The van der Waals surface area contributed by atoms with Crippen LogP contribution in [0.2, 0.25) is 10.0 Å². The average Bonchev–Trinajstić information content (AvgIpc) is 3.38. The highest BCUT2D eigenvalue weighted by molar-refractivity contribution is 7.80. The van der Waals surface area contributed by atoms with Gasteiger partial charge in [0.05, 0.1) is 10.0 Å². The fourth-order valence-electron chi connectivity index (χ4n) is 3.95. The number of hydrogen-bond donors (Lipinski definition) is 2. The Hall–Kier alpha value is -3.33. The lowest BCUT2D eigenvalue weighted by Gasteiger charge is -2.36. The van der Waals surface area contributed by atoms with Crippen molar-refractivity contribution in [2.75, 3.05) is 36.4 Å². The zero-order valence-electron chi connectivity index (χ0n) is 20.2. The largest absolute Gasteiger partial charge is 0.457 e. The van der Waals surface area contributed by atoms with Gasteiger partial charge in [0.15, 0.2) is 5.11 Å². The van der Waals surface area contributed by atoms with E-state index >= 15 is 0 Å². The van der Waals surface area contributed by atoms with Crippen LogP contribution in [0.3, 0.4) is 0 Å². The minimum atomic E-state index is -0.396. The first-order valence-corrected chi connectivity index (χ1v) is 13.0. The summed E-state index contributed by atoms with van der Waals surface area (Å²) in [5, 5.41) is 6.65. The van der Waals surface area contributed by atoms with E-state index in [0.717, 1.165) is 37.6 Å². The third-order valence-corrected chi connectivity index (χ3v) is 6.93. The summed E-state index contributed by atoms with van der Waals surface area (Å²) in [6.07, 6.45) is 3.42. The molecule has 2 aromatic carbocycles. The predicted octanol–water partition coefficient (Wildman–Crippen LogP) is 5.84. The normalized spacial score (nSPS) is 13.6. The van der Waals surface area contributed by atoms with Crippen LogP contribution >= 0.6 is 35.4 Å². The van der Waals surface area contributed by atoms with Crippen molar-refractivity contribution in [3.05, 3.63) is 76.5 Å². The van der Waals surface area contributed by atoms with Gasteiger partial charge in [0.25, 0.3) is 0 Å². The lowest BCUT2D eigenvalue weighted by molar-refractivity contribution is -0.131. The molecule has 0 aliphatic carbocycles. The summed E-state index contributed by atoms with van der Waals surface area (Å²) in [5.41, 5.74) is 2.50. The van der Waals surface area contributed by atoms with Crippen molar-refractivity contribution in [1.29, 1.82) is 0 Å². The van der Waals surface area contributed by atoms with Gasteiger partial charge < -0.3 is 19.5 Å². The van der Waals surface area contributed by atoms with Crippen LogP contribution in [-0.2, 0) is 9.59 Å². The Balaban J connectivity index is 1.26. The van der Waals surface area contributed by atoms with Crippen molar-refractivity contribution in [3.63, 3.8) is 0 Å². The number of carbonyl (C=O) groups is 2. The maximum atomic E-state index is 12.3. The Morgan fingerprint density at radius 2 is 1.76 bits per heavy atom. The molecular formula is C27H26Cl2N4O3S. The second-order valence-electron chi connectivity index (χ2n) is 8.35. The molecule has 2 N–H and O–H groups in total. The summed E-state index contributed by atoms with van der Waals surface area (Å²) in [6.45, 7) is 4.93. The predicted molar refractivity (Wildman–Crippen MR) is 153 cm³/mol. The van der Waals surface area contributed by atoms with Gasteiger partial charge in [-0.15, -0.1) is 0 Å². The molecule has 4 rings (SSSR count). The van der Waals surface area contributed by atoms with Crippen LogP contribution in [0.4, 0.5) is 11.4 Å². The number of amides is 2. The molecule has 1 aromatic heterocycles. The van der Waals surface area contributed by atoms with Gasteiger partial charge >= 0.3 is 0 Å². The number of furan rings is 1. The second-order valence-corrected chi connectivity index (χ2v) is 9.54. The Morgan fingerprint density at radius 3 is 2.46 bits per heavy atom. The molecule has 1 aliphatic heterocycles. The Kier molecular flexibility index (Phi) is 8.87. The minimum absolute atomic E-state index is 0.180. The molecule has 0 saturated carbocycles. The first kappa shape index (κ1) is 26.7. The standard InChI is InChI=1S/C27H26Cl2N4O3S/c1-2-25(35)33-16-14-32(15-17-33)19-8-6-18(7-9-19)30-27(37)31-24(34)13-11-20-10-12-23(36-20)21-4-3-5-22(28)26(21)29/h3-13H,2,14-17H2,1H3,(H2,30,31,34,37). The fraction of sp³-hybridized carbons (Fsp3) is 0.222. The van der Waals surface area contributed by atoms with Crippen molar-refractivity contribution >= 4 is 69.8 Å². The molecule has 1 fully saturated rings.